The lowest BCUT2D eigenvalue weighted by Crippen LogP contribution is -3.00. The van der Waals surface area contributed by atoms with E-state index in [2.05, 4.69) is 42.6 Å². The summed E-state index contributed by atoms with van der Waals surface area (Å²) < 4.78 is 0. The Hall–Kier alpha value is -1.12. The molecule has 0 fully saturated rings. The van der Waals surface area contributed by atoms with Crippen LogP contribution in [0, 0.1) is 0 Å². The van der Waals surface area contributed by atoms with E-state index in [1.54, 1.807) is 0 Å². The number of hydrogen-bond acceptors (Lipinski definition) is 1. The molecule has 1 aromatic heterocycles. The van der Waals surface area contributed by atoms with Gasteiger partial charge in [0.2, 0.25) is 0 Å². The monoisotopic (exact) mass is 290 g/mol. The fourth-order valence-corrected chi connectivity index (χ4v) is 3.10. The van der Waals surface area contributed by atoms with Gasteiger partial charge in [0.1, 0.15) is 11.7 Å². The molecule has 0 bridgehead atoms. The number of fused-ring (bicyclic) bond motifs is 2. The maximum Gasteiger partial charge on any atom is 0.129 e. The molecule has 3 heteroatoms. The molecule has 0 saturated heterocycles. The number of nitrogens with two attached hydrogens (primary N) is 1. The summed E-state index contributed by atoms with van der Waals surface area (Å²) in [4.78, 5) is 4.94. The van der Waals surface area contributed by atoms with E-state index in [9.17, 15) is 0 Å². The molecule has 1 aromatic carbocycles. The Morgan fingerprint density at radius 3 is 3.00 bits per heavy atom. The predicted molar refractivity (Wildman–Crippen MR) is 79.1 cm³/mol. The summed E-state index contributed by atoms with van der Waals surface area (Å²) in [5.41, 5.74) is 3.97. The molecule has 1 heterocycles. The molecule has 0 amide bonds. The number of aryl methyl sites for hydroxylation is 1. The van der Waals surface area contributed by atoms with Crippen molar-refractivity contribution in [2.24, 2.45) is 0 Å². The van der Waals surface area contributed by atoms with Crippen LogP contribution in [0.25, 0.3) is 10.9 Å². The van der Waals surface area contributed by atoms with Crippen LogP contribution >= 0.6 is 0 Å². The average molecular weight is 291 g/mol. The zero-order valence-corrected chi connectivity index (χ0v) is 12.9. The van der Waals surface area contributed by atoms with Crippen molar-refractivity contribution < 1.29 is 17.7 Å². The Kier molecular flexibility index (Phi) is 5.38. The van der Waals surface area contributed by atoms with Crippen molar-refractivity contribution in [1.82, 2.24) is 4.98 Å². The maximum atomic E-state index is 4.94. The van der Waals surface area contributed by atoms with E-state index in [0.717, 1.165) is 5.52 Å². The highest BCUT2D eigenvalue weighted by molar-refractivity contribution is 5.79. The average Bonchev–Trinajstić information content (AvgIpc) is 2.46. The first kappa shape index (κ1) is 15.3. The third-order valence-corrected chi connectivity index (χ3v) is 4.16. The van der Waals surface area contributed by atoms with Crippen molar-refractivity contribution in [1.29, 1.82) is 0 Å². The number of aromatic nitrogens is 1. The number of halogens is 1. The van der Waals surface area contributed by atoms with Crippen LogP contribution in [0.4, 0.5) is 0 Å². The van der Waals surface area contributed by atoms with Gasteiger partial charge in [0, 0.05) is 11.8 Å². The second-order valence-electron chi connectivity index (χ2n) is 5.60. The first-order chi connectivity index (χ1) is 9.38. The lowest BCUT2D eigenvalue weighted by atomic mass is 9.90. The summed E-state index contributed by atoms with van der Waals surface area (Å²) in [7, 11) is 0. The smallest absolute Gasteiger partial charge is 0.129 e. The summed E-state index contributed by atoms with van der Waals surface area (Å²) in [6.45, 7) is 3.49. The van der Waals surface area contributed by atoms with Gasteiger partial charge in [-0.3, -0.25) is 0 Å². The highest BCUT2D eigenvalue weighted by Gasteiger charge is 2.24. The van der Waals surface area contributed by atoms with E-state index in [1.807, 2.05) is 0 Å². The Morgan fingerprint density at radius 1 is 1.30 bits per heavy atom. The molecule has 1 aliphatic rings. The van der Waals surface area contributed by atoms with Crippen LogP contribution < -0.4 is 17.7 Å². The van der Waals surface area contributed by atoms with Gasteiger partial charge in [-0.2, -0.15) is 0 Å². The number of nitrogens with zero attached hydrogens (tertiary/aromatic N) is 1. The Bertz CT molecular complexity index is 568. The van der Waals surface area contributed by atoms with Gasteiger partial charge in [-0.05, 0) is 37.0 Å². The summed E-state index contributed by atoms with van der Waals surface area (Å²) >= 11 is 0. The largest absolute Gasteiger partial charge is 1.00 e. The zero-order chi connectivity index (χ0) is 13.1. The molecule has 3 rings (SSSR count). The minimum absolute atomic E-state index is 0. The lowest BCUT2D eigenvalue weighted by molar-refractivity contribution is -0.698. The van der Waals surface area contributed by atoms with Crippen LogP contribution in [-0.2, 0) is 6.42 Å². The fourth-order valence-electron chi connectivity index (χ4n) is 3.10. The Balaban J connectivity index is 0.00000147. The predicted octanol–water partition coefficient (Wildman–Crippen LogP) is -0.0203. The molecule has 0 saturated carbocycles. The second kappa shape index (κ2) is 7.05. The number of para-hydroxylation sites is 1. The van der Waals surface area contributed by atoms with E-state index in [0.29, 0.717) is 6.04 Å². The molecule has 2 aromatic rings. The molecule has 1 unspecified atom stereocenters. The molecule has 2 N–H and O–H groups in total. The molecule has 1 aliphatic carbocycles. The van der Waals surface area contributed by atoms with E-state index < -0.39 is 0 Å². The molecule has 2 nitrogen and oxygen atoms in total. The third-order valence-electron chi connectivity index (χ3n) is 4.16. The molecule has 20 heavy (non-hydrogen) atoms. The number of unbranched alkanes of at least 4 members (excludes halogenated alkanes) is 1. The van der Waals surface area contributed by atoms with E-state index in [-0.39, 0.29) is 12.4 Å². The van der Waals surface area contributed by atoms with Crippen LogP contribution in [0.5, 0.6) is 0 Å². The topological polar surface area (TPSA) is 29.5 Å². The van der Waals surface area contributed by atoms with Gasteiger partial charge in [0.25, 0.3) is 0 Å². The van der Waals surface area contributed by atoms with Crippen molar-refractivity contribution in [2.75, 3.05) is 6.54 Å². The van der Waals surface area contributed by atoms with Crippen LogP contribution in [0.15, 0.2) is 30.3 Å². The van der Waals surface area contributed by atoms with Crippen LogP contribution in [-0.4, -0.2) is 11.5 Å². The molecule has 0 spiro atoms. The van der Waals surface area contributed by atoms with Gasteiger partial charge in [0.15, 0.2) is 0 Å². The number of rotatable bonds is 4. The highest BCUT2D eigenvalue weighted by atomic mass is 35.5. The van der Waals surface area contributed by atoms with Crippen molar-refractivity contribution in [3.05, 3.63) is 41.6 Å². The van der Waals surface area contributed by atoms with E-state index >= 15 is 0 Å². The van der Waals surface area contributed by atoms with Crippen molar-refractivity contribution in [3.8, 4) is 0 Å². The normalized spacial score (nSPS) is 17.6. The molecule has 0 radical (unpaired) electrons. The second-order valence-corrected chi connectivity index (χ2v) is 5.60. The van der Waals surface area contributed by atoms with Crippen LogP contribution in [0.3, 0.4) is 0 Å². The van der Waals surface area contributed by atoms with Crippen molar-refractivity contribution >= 4 is 10.9 Å². The summed E-state index contributed by atoms with van der Waals surface area (Å²) in [6, 6.07) is 11.4. The number of pyridine rings is 1. The zero-order valence-electron chi connectivity index (χ0n) is 12.1. The van der Waals surface area contributed by atoms with Crippen molar-refractivity contribution in [3.63, 3.8) is 0 Å². The van der Waals surface area contributed by atoms with Gasteiger partial charge < -0.3 is 17.7 Å². The van der Waals surface area contributed by atoms with Gasteiger partial charge in [-0.25, -0.2) is 4.98 Å². The summed E-state index contributed by atoms with van der Waals surface area (Å²) in [5.74, 6) is 0. The van der Waals surface area contributed by atoms with E-state index in [4.69, 9.17) is 4.98 Å². The summed E-state index contributed by atoms with van der Waals surface area (Å²) in [5, 5.41) is 3.79. The first-order valence-electron chi connectivity index (χ1n) is 7.60. The number of benzene rings is 1. The Labute approximate surface area is 127 Å². The van der Waals surface area contributed by atoms with Crippen LogP contribution in [0.2, 0.25) is 0 Å². The number of quaternary nitrogens is 1. The SMILES string of the molecule is CCCC[NH2+]C1CCCc2cc3ccccc3nc21.[Cl-]. The summed E-state index contributed by atoms with van der Waals surface area (Å²) in [6.07, 6.45) is 6.37. The van der Waals surface area contributed by atoms with Gasteiger partial charge in [0.05, 0.1) is 12.1 Å². The molecular weight excluding hydrogens is 268 g/mol. The fraction of sp³-hybridized carbons (Fsp3) is 0.471. The minimum atomic E-state index is 0. The molecule has 1 atom stereocenters. The minimum Gasteiger partial charge on any atom is -1.00 e. The molecule has 108 valence electrons. The van der Waals surface area contributed by atoms with Crippen LogP contribution in [0.1, 0.15) is 49.9 Å². The highest BCUT2D eigenvalue weighted by Crippen LogP contribution is 2.28. The quantitative estimate of drug-likeness (QED) is 0.788. The maximum absolute atomic E-state index is 4.94. The standard InChI is InChI=1S/C17H22N2.ClH/c1-2-3-11-18-16-10-6-8-14-12-13-7-4-5-9-15(13)19-17(14)16;/h4-5,7,9,12,16,18H,2-3,6,8,10-11H2,1H3;1H. The molecular formula is C17H23ClN2. The van der Waals surface area contributed by atoms with E-state index in [1.165, 1.54) is 55.3 Å². The first-order valence-corrected chi connectivity index (χ1v) is 7.60. The molecule has 0 aliphatic heterocycles. The lowest BCUT2D eigenvalue weighted by Gasteiger charge is -2.23. The number of hydrogen-bond donors (Lipinski definition) is 1. The van der Waals surface area contributed by atoms with Gasteiger partial charge in [-0.15, -0.1) is 0 Å². The van der Waals surface area contributed by atoms with Crippen molar-refractivity contribution in [2.45, 2.75) is 45.1 Å². The van der Waals surface area contributed by atoms with Gasteiger partial charge in [-0.1, -0.05) is 31.5 Å². The van der Waals surface area contributed by atoms with Gasteiger partial charge >= 0.3 is 0 Å². The third kappa shape index (κ3) is 3.13. The Morgan fingerprint density at radius 2 is 2.15 bits per heavy atom.